The molecule has 1 aliphatic heterocycles. The van der Waals surface area contributed by atoms with E-state index in [1.165, 1.54) is 21.2 Å². The molecule has 1 aliphatic rings. The number of fused-ring (bicyclic) bond motifs is 2. The summed E-state index contributed by atoms with van der Waals surface area (Å²) in [5, 5.41) is 0. The first-order valence-corrected chi connectivity index (χ1v) is 8.08. The number of para-hydroxylation sites is 2. The van der Waals surface area contributed by atoms with Gasteiger partial charge in [-0.15, -0.1) is 11.8 Å². The van der Waals surface area contributed by atoms with Gasteiger partial charge in [-0.1, -0.05) is 43.0 Å². The Morgan fingerprint density at radius 2 is 1.50 bits per heavy atom. The molecule has 0 radical (unpaired) electrons. The highest BCUT2D eigenvalue weighted by molar-refractivity contribution is 8.00. The molecule has 1 heterocycles. The average Bonchev–Trinajstić information content (AvgIpc) is 2.43. The van der Waals surface area contributed by atoms with E-state index in [4.69, 9.17) is 0 Å². The van der Waals surface area contributed by atoms with Crippen molar-refractivity contribution in [1.29, 1.82) is 0 Å². The standard InChI is InChI=1S/C15H15NS2/c1-2-17-11-16-12-7-3-5-9-14(12)18-15-10-6-4-8-13(15)16/h3-10H,2,11H2,1H3. The Bertz CT molecular complexity index is 508. The number of rotatable bonds is 3. The molecule has 0 spiro atoms. The summed E-state index contributed by atoms with van der Waals surface area (Å²) in [6, 6.07) is 17.3. The average molecular weight is 273 g/mol. The number of thioether (sulfide) groups is 1. The Morgan fingerprint density at radius 3 is 2.06 bits per heavy atom. The van der Waals surface area contributed by atoms with Gasteiger partial charge in [0, 0.05) is 9.79 Å². The zero-order valence-corrected chi connectivity index (χ0v) is 11.9. The fourth-order valence-corrected chi connectivity index (χ4v) is 3.84. The summed E-state index contributed by atoms with van der Waals surface area (Å²) < 4.78 is 0. The van der Waals surface area contributed by atoms with Crippen molar-refractivity contribution in [2.45, 2.75) is 16.7 Å². The maximum atomic E-state index is 2.43. The number of benzene rings is 2. The Labute approximate surface area is 117 Å². The Balaban J connectivity index is 2.05. The Morgan fingerprint density at radius 1 is 0.944 bits per heavy atom. The monoisotopic (exact) mass is 273 g/mol. The van der Waals surface area contributed by atoms with Crippen LogP contribution in [-0.4, -0.2) is 11.6 Å². The van der Waals surface area contributed by atoms with Gasteiger partial charge in [0.15, 0.2) is 0 Å². The van der Waals surface area contributed by atoms with E-state index < -0.39 is 0 Å². The molecule has 0 unspecified atom stereocenters. The molecule has 0 amide bonds. The summed E-state index contributed by atoms with van der Waals surface area (Å²) in [7, 11) is 0. The second kappa shape index (κ2) is 5.29. The zero-order chi connectivity index (χ0) is 12.4. The molecular weight excluding hydrogens is 258 g/mol. The van der Waals surface area contributed by atoms with E-state index in [-0.39, 0.29) is 0 Å². The molecule has 0 saturated carbocycles. The van der Waals surface area contributed by atoms with Crippen molar-refractivity contribution in [3.05, 3.63) is 48.5 Å². The maximum Gasteiger partial charge on any atom is 0.0689 e. The first-order valence-electron chi connectivity index (χ1n) is 6.11. The summed E-state index contributed by atoms with van der Waals surface area (Å²) in [5.74, 6) is 2.17. The highest BCUT2D eigenvalue weighted by atomic mass is 32.2. The van der Waals surface area contributed by atoms with Crippen molar-refractivity contribution < 1.29 is 0 Å². The Hall–Kier alpha value is -1.06. The largest absolute Gasteiger partial charge is 0.330 e. The van der Waals surface area contributed by atoms with E-state index in [0.29, 0.717) is 0 Å². The summed E-state index contributed by atoms with van der Waals surface area (Å²) in [4.78, 5) is 5.14. The van der Waals surface area contributed by atoms with Gasteiger partial charge < -0.3 is 4.90 Å². The molecule has 0 aromatic heterocycles. The van der Waals surface area contributed by atoms with Gasteiger partial charge >= 0.3 is 0 Å². The molecule has 1 nitrogen and oxygen atoms in total. The normalized spacial score (nSPS) is 13.1. The van der Waals surface area contributed by atoms with Crippen LogP contribution in [0.3, 0.4) is 0 Å². The molecule has 3 rings (SSSR count). The van der Waals surface area contributed by atoms with E-state index in [1.807, 2.05) is 23.5 Å². The predicted octanol–water partition coefficient (Wildman–Crippen LogP) is 5.00. The van der Waals surface area contributed by atoms with Crippen LogP contribution in [0, 0.1) is 0 Å². The van der Waals surface area contributed by atoms with Crippen molar-refractivity contribution in [1.82, 2.24) is 0 Å². The van der Waals surface area contributed by atoms with Crippen LogP contribution in [0.5, 0.6) is 0 Å². The summed E-state index contributed by atoms with van der Waals surface area (Å²) in [6.07, 6.45) is 0. The second-order valence-corrected chi connectivity index (χ2v) is 6.42. The van der Waals surface area contributed by atoms with Gasteiger partial charge in [-0.05, 0) is 30.0 Å². The van der Waals surface area contributed by atoms with Crippen molar-refractivity contribution in [3.63, 3.8) is 0 Å². The number of hydrogen-bond donors (Lipinski definition) is 0. The Kier molecular flexibility index (Phi) is 3.52. The fourth-order valence-electron chi connectivity index (χ4n) is 2.10. The van der Waals surface area contributed by atoms with Gasteiger partial charge in [0.25, 0.3) is 0 Å². The van der Waals surface area contributed by atoms with Crippen molar-refractivity contribution in [3.8, 4) is 0 Å². The van der Waals surface area contributed by atoms with Gasteiger partial charge in [0.05, 0.1) is 17.3 Å². The molecule has 0 atom stereocenters. The lowest BCUT2D eigenvalue weighted by molar-refractivity contribution is 1.09. The van der Waals surface area contributed by atoms with Crippen LogP contribution in [0.15, 0.2) is 58.3 Å². The van der Waals surface area contributed by atoms with Crippen LogP contribution >= 0.6 is 23.5 Å². The molecule has 0 fully saturated rings. The quantitative estimate of drug-likeness (QED) is 0.774. The maximum absolute atomic E-state index is 2.43. The van der Waals surface area contributed by atoms with Crippen molar-refractivity contribution in [2.75, 3.05) is 16.5 Å². The van der Waals surface area contributed by atoms with Crippen LogP contribution in [0.1, 0.15) is 6.92 Å². The first kappa shape index (κ1) is 12.0. The fraction of sp³-hybridized carbons (Fsp3) is 0.200. The van der Waals surface area contributed by atoms with Gasteiger partial charge in [0.1, 0.15) is 0 Å². The van der Waals surface area contributed by atoms with Gasteiger partial charge in [-0.3, -0.25) is 0 Å². The van der Waals surface area contributed by atoms with Crippen LogP contribution in [0.4, 0.5) is 11.4 Å². The van der Waals surface area contributed by atoms with E-state index in [9.17, 15) is 0 Å². The lowest BCUT2D eigenvalue weighted by Crippen LogP contribution is -2.20. The smallest absolute Gasteiger partial charge is 0.0689 e. The number of nitrogens with zero attached hydrogens (tertiary/aromatic N) is 1. The van der Waals surface area contributed by atoms with Gasteiger partial charge in [0.2, 0.25) is 0 Å². The topological polar surface area (TPSA) is 3.24 Å². The SMILES string of the molecule is CCSCN1c2ccccc2Sc2ccccc21. The zero-order valence-electron chi connectivity index (χ0n) is 10.3. The van der Waals surface area contributed by atoms with Crippen LogP contribution < -0.4 is 4.90 Å². The first-order chi connectivity index (χ1) is 8.90. The summed E-state index contributed by atoms with van der Waals surface area (Å²) in [6.45, 7) is 2.21. The van der Waals surface area contributed by atoms with E-state index >= 15 is 0 Å². The third kappa shape index (κ3) is 2.13. The predicted molar refractivity (Wildman–Crippen MR) is 82.1 cm³/mol. The van der Waals surface area contributed by atoms with E-state index in [2.05, 4.69) is 60.4 Å². The molecule has 92 valence electrons. The molecular formula is C15H15NS2. The minimum absolute atomic E-state index is 1.02. The van der Waals surface area contributed by atoms with Crippen LogP contribution in [0.2, 0.25) is 0 Å². The molecule has 0 bridgehead atoms. The third-order valence-electron chi connectivity index (χ3n) is 2.96. The molecule has 18 heavy (non-hydrogen) atoms. The lowest BCUT2D eigenvalue weighted by Gasteiger charge is -2.32. The molecule has 2 aromatic carbocycles. The number of anilines is 2. The number of hydrogen-bond acceptors (Lipinski definition) is 3. The van der Waals surface area contributed by atoms with Crippen molar-refractivity contribution in [2.24, 2.45) is 0 Å². The van der Waals surface area contributed by atoms with Gasteiger partial charge in [-0.2, -0.15) is 0 Å². The molecule has 0 aliphatic carbocycles. The lowest BCUT2D eigenvalue weighted by atomic mass is 10.2. The molecule has 3 heteroatoms. The second-order valence-electron chi connectivity index (χ2n) is 4.09. The molecule has 0 saturated heterocycles. The third-order valence-corrected chi connectivity index (χ3v) is 4.94. The molecule has 0 N–H and O–H groups in total. The highest BCUT2D eigenvalue weighted by Crippen LogP contribution is 2.48. The van der Waals surface area contributed by atoms with E-state index in [0.717, 1.165) is 11.6 Å². The summed E-state index contributed by atoms with van der Waals surface area (Å²) >= 11 is 3.83. The minimum atomic E-state index is 1.02. The van der Waals surface area contributed by atoms with Crippen LogP contribution in [-0.2, 0) is 0 Å². The van der Waals surface area contributed by atoms with E-state index in [1.54, 1.807) is 0 Å². The summed E-state index contributed by atoms with van der Waals surface area (Å²) in [5.41, 5.74) is 2.67. The minimum Gasteiger partial charge on any atom is -0.330 e. The van der Waals surface area contributed by atoms with Crippen LogP contribution in [0.25, 0.3) is 0 Å². The van der Waals surface area contributed by atoms with Gasteiger partial charge in [-0.25, -0.2) is 0 Å². The molecule has 2 aromatic rings. The highest BCUT2D eigenvalue weighted by Gasteiger charge is 2.21. The van der Waals surface area contributed by atoms with Crippen molar-refractivity contribution >= 4 is 34.9 Å².